The van der Waals surface area contributed by atoms with Gasteiger partial charge in [-0.1, -0.05) is 36.4 Å². The lowest BCUT2D eigenvalue weighted by molar-refractivity contribution is 0.0177. The number of hydrogen-bond acceptors (Lipinski definition) is 3. The van der Waals surface area contributed by atoms with Gasteiger partial charge in [-0.25, -0.2) is 4.79 Å². The molecule has 2 aromatic rings. The molecule has 146 valence electrons. The highest BCUT2D eigenvalue weighted by atomic mass is 16.2. The number of piperidine rings is 3. The number of nitrogens with zero attached hydrogens (tertiary/aromatic N) is 2. The molecule has 4 aliphatic rings. The van der Waals surface area contributed by atoms with Gasteiger partial charge >= 0.3 is 6.03 Å². The van der Waals surface area contributed by atoms with Gasteiger partial charge in [-0.05, 0) is 61.9 Å². The average Bonchev–Trinajstić information content (AvgIpc) is 3.51. The molecule has 0 radical (unpaired) electrons. The molecule has 4 heterocycles. The van der Waals surface area contributed by atoms with E-state index in [1.165, 1.54) is 24.0 Å². The number of urea groups is 1. The summed E-state index contributed by atoms with van der Waals surface area (Å²) >= 11 is 0. The van der Waals surface area contributed by atoms with E-state index in [0.29, 0.717) is 17.9 Å². The third-order valence-corrected chi connectivity index (χ3v) is 6.77. The minimum Gasteiger partial charge on any atom is -0.335 e. The number of carbonyl (C=O) groups excluding carboxylic acids is 1. The predicted octanol–water partition coefficient (Wildman–Crippen LogP) is 2.94. The Morgan fingerprint density at radius 1 is 1.07 bits per heavy atom. The first-order valence-electron chi connectivity index (χ1n) is 10.5. The highest BCUT2D eigenvalue weighted by Gasteiger charge is 2.44. The SMILES string of the molecule is O=C(NC1CC1c1ccccc1)NC1C2CCN(CC2)C1Cc1cccnc1. The van der Waals surface area contributed by atoms with Crippen LogP contribution in [-0.4, -0.2) is 47.1 Å². The Hall–Kier alpha value is -2.40. The third-order valence-electron chi connectivity index (χ3n) is 6.77. The van der Waals surface area contributed by atoms with Crippen molar-refractivity contribution in [1.82, 2.24) is 20.5 Å². The van der Waals surface area contributed by atoms with Crippen LogP contribution in [0.3, 0.4) is 0 Å². The van der Waals surface area contributed by atoms with Gasteiger partial charge in [-0.15, -0.1) is 0 Å². The minimum atomic E-state index is -0.00151. The fraction of sp³-hybridized carbons (Fsp3) is 0.478. The van der Waals surface area contributed by atoms with Crippen molar-refractivity contribution in [1.29, 1.82) is 0 Å². The number of aromatic nitrogens is 1. The first-order valence-corrected chi connectivity index (χ1v) is 10.5. The molecule has 5 nitrogen and oxygen atoms in total. The van der Waals surface area contributed by atoms with Crippen molar-refractivity contribution in [3.05, 3.63) is 66.0 Å². The summed E-state index contributed by atoms with van der Waals surface area (Å²) in [5.74, 6) is 1.05. The van der Waals surface area contributed by atoms with Crippen LogP contribution in [0.5, 0.6) is 0 Å². The molecule has 1 saturated carbocycles. The highest BCUT2D eigenvalue weighted by Crippen LogP contribution is 2.40. The maximum Gasteiger partial charge on any atom is 0.315 e. The van der Waals surface area contributed by atoms with Gasteiger partial charge in [-0.2, -0.15) is 0 Å². The summed E-state index contributed by atoms with van der Waals surface area (Å²) in [6.07, 6.45) is 8.13. The minimum absolute atomic E-state index is 0.00151. The van der Waals surface area contributed by atoms with E-state index in [9.17, 15) is 4.79 Å². The zero-order valence-electron chi connectivity index (χ0n) is 16.1. The highest BCUT2D eigenvalue weighted by molar-refractivity contribution is 5.75. The number of carbonyl (C=O) groups is 1. The number of benzene rings is 1. The average molecular weight is 377 g/mol. The second kappa shape index (κ2) is 7.55. The van der Waals surface area contributed by atoms with Crippen LogP contribution < -0.4 is 10.6 Å². The molecule has 3 aliphatic heterocycles. The van der Waals surface area contributed by atoms with Crippen LogP contribution in [0.15, 0.2) is 54.9 Å². The number of hydrogen-bond donors (Lipinski definition) is 2. The van der Waals surface area contributed by atoms with Gasteiger partial charge in [0.2, 0.25) is 0 Å². The maximum absolute atomic E-state index is 12.8. The lowest BCUT2D eigenvalue weighted by Crippen LogP contribution is -2.65. The Morgan fingerprint density at radius 3 is 2.64 bits per heavy atom. The standard InChI is InChI=1S/C23H28N4O/c28-23(25-20-14-19(20)17-6-2-1-3-7-17)26-22-18-8-11-27(12-9-18)21(22)13-16-5-4-10-24-15-16/h1-7,10,15,18-22H,8-9,11-14H2,(H2,25,26,28). The van der Waals surface area contributed by atoms with E-state index in [0.717, 1.165) is 25.9 Å². The normalized spacial score (nSPS) is 33.3. The van der Waals surface area contributed by atoms with Crippen molar-refractivity contribution >= 4 is 6.03 Å². The van der Waals surface area contributed by atoms with Gasteiger partial charge < -0.3 is 10.6 Å². The Kier molecular flexibility index (Phi) is 4.77. The smallest absolute Gasteiger partial charge is 0.315 e. The Morgan fingerprint density at radius 2 is 1.89 bits per heavy atom. The van der Waals surface area contributed by atoms with Crippen LogP contribution >= 0.6 is 0 Å². The Bertz CT molecular complexity index is 804. The number of rotatable bonds is 5. The molecule has 5 heteroatoms. The molecule has 4 atom stereocenters. The van der Waals surface area contributed by atoms with Crippen molar-refractivity contribution in [2.45, 2.75) is 49.7 Å². The van der Waals surface area contributed by atoms with Crippen LogP contribution in [-0.2, 0) is 6.42 Å². The first-order chi connectivity index (χ1) is 13.8. The lowest BCUT2D eigenvalue weighted by Gasteiger charge is -2.51. The molecule has 3 saturated heterocycles. The van der Waals surface area contributed by atoms with Crippen molar-refractivity contribution in [3.63, 3.8) is 0 Å². The number of pyridine rings is 1. The molecule has 4 fully saturated rings. The van der Waals surface area contributed by atoms with Gasteiger partial charge in [0.15, 0.2) is 0 Å². The van der Waals surface area contributed by atoms with Gasteiger partial charge in [0.05, 0.1) is 0 Å². The van der Waals surface area contributed by atoms with Gasteiger partial charge in [0, 0.05) is 36.4 Å². The molecule has 0 spiro atoms. The van der Waals surface area contributed by atoms with E-state index < -0.39 is 0 Å². The fourth-order valence-corrected chi connectivity index (χ4v) is 5.17. The lowest BCUT2D eigenvalue weighted by atomic mass is 9.77. The van der Waals surface area contributed by atoms with Crippen LogP contribution in [0.2, 0.25) is 0 Å². The monoisotopic (exact) mass is 376 g/mol. The summed E-state index contributed by atoms with van der Waals surface area (Å²) in [7, 11) is 0. The molecular formula is C23H28N4O. The van der Waals surface area contributed by atoms with E-state index in [1.54, 1.807) is 0 Å². The van der Waals surface area contributed by atoms with Crippen molar-refractivity contribution in [2.75, 3.05) is 13.1 Å². The van der Waals surface area contributed by atoms with Gasteiger partial charge in [0.1, 0.15) is 0 Å². The quantitative estimate of drug-likeness (QED) is 0.844. The zero-order valence-corrected chi connectivity index (χ0v) is 16.1. The molecule has 1 aromatic heterocycles. The molecule has 28 heavy (non-hydrogen) atoms. The van der Waals surface area contributed by atoms with E-state index in [4.69, 9.17) is 0 Å². The summed E-state index contributed by atoms with van der Waals surface area (Å²) in [5, 5.41) is 6.56. The number of nitrogens with one attached hydrogen (secondary N) is 2. The van der Waals surface area contributed by atoms with Crippen molar-refractivity contribution in [3.8, 4) is 0 Å². The summed E-state index contributed by atoms with van der Waals surface area (Å²) < 4.78 is 0. The maximum atomic E-state index is 12.8. The summed E-state index contributed by atoms with van der Waals surface area (Å²) in [6, 6.07) is 15.5. The van der Waals surface area contributed by atoms with Crippen molar-refractivity contribution in [2.24, 2.45) is 5.92 Å². The third kappa shape index (κ3) is 3.63. The topological polar surface area (TPSA) is 57.3 Å². The van der Waals surface area contributed by atoms with E-state index in [-0.39, 0.29) is 18.1 Å². The summed E-state index contributed by atoms with van der Waals surface area (Å²) in [4.78, 5) is 19.6. The van der Waals surface area contributed by atoms with Gasteiger partial charge in [-0.3, -0.25) is 9.88 Å². The van der Waals surface area contributed by atoms with Crippen LogP contribution in [0.4, 0.5) is 4.79 Å². The summed E-state index contributed by atoms with van der Waals surface area (Å²) in [6.45, 7) is 2.29. The van der Waals surface area contributed by atoms with Gasteiger partial charge in [0.25, 0.3) is 0 Å². The Labute approximate surface area is 166 Å². The first kappa shape index (κ1) is 17.7. The van der Waals surface area contributed by atoms with Crippen LogP contribution in [0.1, 0.15) is 36.3 Å². The van der Waals surface area contributed by atoms with Crippen LogP contribution in [0.25, 0.3) is 0 Å². The summed E-state index contributed by atoms with van der Waals surface area (Å²) in [5.41, 5.74) is 2.57. The second-order valence-corrected chi connectivity index (χ2v) is 8.51. The largest absolute Gasteiger partial charge is 0.335 e. The zero-order chi connectivity index (χ0) is 18.9. The molecule has 1 aromatic carbocycles. The van der Waals surface area contributed by atoms with Crippen molar-refractivity contribution < 1.29 is 4.79 Å². The second-order valence-electron chi connectivity index (χ2n) is 8.51. The van der Waals surface area contributed by atoms with E-state index >= 15 is 0 Å². The van der Waals surface area contributed by atoms with Crippen LogP contribution in [0, 0.1) is 5.92 Å². The number of fused-ring (bicyclic) bond motifs is 3. The molecule has 2 N–H and O–H groups in total. The fourth-order valence-electron chi connectivity index (χ4n) is 5.17. The molecule has 1 aliphatic carbocycles. The predicted molar refractivity (Wildman–Crippen MR) is 109 cm³/mol. The van der Waals surface area contributed by atoms with E-state index in [1.807, 2.05) is 24.5 Å². The molecule has 2 amide bonds. The Balaban J connectivity index is 1.22. The number of amides is 2. The molecule has 4 unspecified atom stereocenters. The van der Waals surface area contributed by atoms with E-state index in [2.05, 4.69) is 50.8 Å². The molecule has 6 rings (SSSR count). The molecular weight excluding hydrogens is 348 g/mol. The molecule has 2 bridgehead atoms.